The molecule has 1 atom stereocenters. The van der Waals surface area contributed by atoms with Crippen molar-refractivity contribution in [2.24, 2.45) is 5.73 Å². The summed E-state index contributed by atoms with van der Waals surface area (Å²) in [5, 5.41) is 0. The molecule has 0 amide bonds. The standard InChI is InChI=1S/C18H23N3/c1-21(13-16-9-4-5-12-20-16)18(14-19)11-6-8-15-7-2-3-10-17(15)18/h2-5,7,9-10,12H,6,8,11,13-14,19H2,1H3. The van der Waals surface area contributed by atoms with E-state index in [4.69, 9.17) is 5.73 Å². The van der Waals surface area contributed by atoms with Gasteiger partial charge in [-0.1, -0.05) is 30.3 Å². The highest BCUT2D eigenvalue weighted by molar-refractivity contribution is 5.36. The third-order valence-electron chi connectivity index (χ3n) is 4.75. The lowest BCUT2D eigenvalue weighted by molar-refractivity contribution is 0.0946. The number of hydrogen-bond acceptors (Lipinski definition) is 3. The van der Waals surface area contributed by atoms with Crippen LogP contribution in [-0.4, -0.2) is 23.5 Å². The average Bonchev–Trinajstić information content (AvgIpc) is 2.55. The predicted octanol–water partition coefficient (Wildman–Crippen LogP) is 2.70. The summed E-state index contributed by atoms with van der Waals surface area (Å²) in [6.07, 6.45) is 5.33. The SMILES string of the molecule is CN(Cc1ccccn1)C1(CN)CCCc2ccccc21. The molecule has 1 aromatic carbocycles. The summed E-state index contributed by atoms with van der Waals surface area (Å²) in [5.74, 6) is 0. The van der Waals surface area contributed by atoms with E-state index in [1.807, 2.05) is 18.3 Å². The van der Waals surface area contributed by atoms with Crippen LogP contribution in [0.15, 0.2) is 48.7 Å². The lowest BCUT2D eigenvalue weighted by Gasteiger charge is -2.45. The van der Waals surface area contributed by atoms with Gasteiger partial charge in [-0.2, -0.15) is 0 Å². The zero-order chi connectivity index (χ0) is 14.7. The monoisotopic (exact) mass is 281 g/mol. The maximum atomic E-state index is 6.25. The summed E-state index contributed by atoms with van der Waals surface area (Å²) in [7, 11) is 2.17. The highest BCUT2D eigenvalue weighted by Gasteiger charge is 2.38. The molecule has 0 bridgehead atoms. The van der Waals surface area contributed by atoms with Gasteiger partial charge in [0.15, 0.2) is 0 Å². The van der Waals surface area contributed by atoms with E-state index >= 15 is 0 Å². The van der Waals surface area contributed by atoms with Crippen LogP contribution in [0.5, 0.6) is 0 Å². The molecule has 0 fully saturated rings. The van der Waals surface area contributed by atoms with Crippen LogP contribution in [0.2, 0.25) is 0 Å². The Morgan fingerprint density at radius 1 is 1.19 bits per heavy atom. The Hall–Kier alpha value is -1.71. The van der Waals surface area contributed by atoms with Crippen LogP contribution in [-0.2, 0) is 18.5 Å². The Labute approximate surface area is 126 Å². The molecular weight excluding hydrogens is 258 g/mol. The minimum Gasteiger partial charge on any atom is -0.328 e. The molecule has 0 aliphatic heterocycles. The van der Waals surface area contributed by atoms with E-state index in [-0.39, 0.29) is 5.54 Å². The molecule has 1 aliphatic carbocycles. The first kappa shape index (κ1) is 14.2. The molecule has 0 saturated carbocycles. The topological polar surface area (TPSA) is 42.2 Å². The first-order valence-corrected chi connectivity index (χ1v) is 7.66. The van der Waals surface area contributed by atoms with Gasteiger partial charge in [-0.15, -0.1) is 0 Å². The number of nitrogens with zero attached hydrogens (tertiary/aromatic N) is 2. The summed E-state index contributed by atoms with van der Waals surface area (Å²) < 4.78 is 0. The van der Waals surface area contributed by atoms with Gasteiger partial charge in [0, 0.05) is 19.3 Å². The minimum atomic E-state index is -0.0631. The van der Waals surface area contributed by atoms with Gasteiger partial charge >= 0.3 is 0 Å². The van der Waals surface area contributed by atoms with Crippen LogP contribution in [0, 0.1) is 0 Å². The fourth-order valence-corrected chi connectivity index (χ4v) is 3.55. The molecule has 3 heteroatoms. The molecule has 1 heterocycles. The first-order chi connectivity index (χ1) is 10.3. The van der Waals surface area contributed by atoms with E-state index < -0.39 is 0 Å². The number of nitrogens with two attached hydrogens (primary N) is 1. The van der Waals surface area contributed by atoms with Gasteiger partial charge in [-0.3, -0.25) is 9.88 Å². The van der Waals surface area contributed by atoms with Crippen molar-refractivity contribution in [1.82, 2.24) is 9.88 Å². The van der Waals surface area contributed by atoms with E-state index in [0.29, 0.717) is 6.54 Å². The third-order valence-corrected chi connectivity index (χ3v) is 4.75. The molecule has 21 heavy (non-hydrogen) atoms. The molecule has 3 nitrogen and oxygen atoms in total. The second kappa shape index (κ2) is 5.96. The third kappa shape index (κ3) is 2.59. The van der Waals surface area contributed by atoms with Gasteiger partial charge < -0.3 is 5.73 Å². The molecule has 2 N–H and O–H groups in total. The molecule has 0 spiro atoms. The van der Waals surface area contributed by atoms with Crippen LogP contribution in [0.4, 0.5) is 0 Å². The summed E-state index contributed by atoms with van der Waals surface area (Å²) in [5.41, 5.74) is 10.1. The number of hydrogen-bond donors (Lipinski definition) is 1. The van der Waals surface area contributed by atoms with E-state index in [0.717, 1.165) is 25.1 Å². The second-order valence-corrected chi connectivity index (χ2v) is 5.92. The fourth-order valence-electron chi connectivity index (χ4n) is 3.55. The van der Waals surface area contributed by atoms with Crippen LogP contribution < -0.4 is 5.73 Å². The summed E-state index contributed by atoms with van der Waals surface area (Å²) in [6.45, 7) is 1.47. The van der Waals surface area contributed by atoms with Gasteiger partial charge in [0.2, 0.25) is 0 Å². The number of aromatic nitrogens is 1. The maximum Gasteiger partial charge on any atom is 0.0587 e. The smallest absolute Gasteiger partial charge is 0.0587 e. The molecular formula is C18H23N3. The van der Waals surface area contributed by atoms with Crippen molar-refractivity contribution in [2.45, 2.75) is 31.3 Å². The Bertz CT molecular complexity index is 596. The lowest BCUT2D eigenvalue weighted by atomic mass is 9.75. The molecule has 1 aliphatic rings. The van der Waals surface area contributed by atoms with Gasteiger partial charge in [0.05, 0.1) is 11.2 Å². The molecule has 3 rings (SSSR count). The van der Waals surface area contributed by atoms with E-state index in [1.54, 1.807) is 0 Å². The Kier molecular flexibility index (Phi) is 4.04. The summed E-state index contributed by atoms with van der Waals surface area (Å²) in [4.78, 5) is 6.83. The van der Waals surface area contributed by atoms with Crippen molar-refractivity contribution >= 4 is 0 Å². The summed E-state index contributed by atoms with van der Waals surface area (Å²) >= 11 is 0. The number of pyridine rings is 1. The number of aryl methyl sites for hydroxylation is 1. The van der Waals surface area contributed by atoms with Crippen molar-refractivity contribution in [3.63, 3.8) is 0 Å². The van der Waals surface area contributed by atoms with Crippen molar-refractivity contribution in [2.75, 3.05) is 13.6 Å². The first-order valence-electron chi connectivity index (χ1n) is 7.66. The minimum absolute atomic E-state index is 0.0631. The molecule has 0 radical (unpaired) electrons. The highest BCUT2D eigenvalue weighted by Crippen LogP contribution is 2.39. The predicted molar refractivity (Wildman–Crippen MR) is 85.8 cm³/mol. The van der Waals surface area contributed by atoms with Gasteiger partial charge in [0.1, 0.15) is 0 Å². The highest BCUT2D eigenvalue weighted by atomic mass is 15.2. The number of rotatable bonds is 4. The number of fused-ring (bicyclic) bond motifs is 1. The average molecular weight is 281 g/mol. The van der Waals surface area contributed by atoms with Crippen molar-refractivity contribution < 1.29 is 0 Å². The van der Waals surface area contributed by atoms with Crippen LogP contribution in [0.1, 0.15) is 29.7 Å². The van der Waals surface area contributed by atoms with Crippen LogP contribution >= 0.6 is 0 Å². The molecule has 110 valence electrons. The normalized spacial score (nSPS) is 21.3. The van der Waals surface area contributed by atoms with E-state index in [9.17, 15) is 0 Å². The fraction of sp³-hybridized carbons (Fsp3) is 0.389. The van der Waals surface area contributed by atoms with E-state index in [1.165, 1.54) is 17.5 Å². The van der Waals surface area contributed by atoms with Crippen molar-refractivity contribution in [3.05, 3.63) is 65.5 Å². The second-order valence-electron chi connectivity index (χ2n) is 5.92. The number of benzene rings is 1. The maximum absolute atomic E-state index is 6.25. The van der Waals surface area contributed by atoms with Crippen LogP contribution in [0.3, 0.4) is 0 Å². The largest absolute Gasteiger partial charge is 0.328 e. The quantitative estimate of drug-likeness (QED) is 0.937. The Balaban J connectivity index is 1.94. The zero-order valence-corrected chi connectivity index (χ0v) is 12.6. The number of likely N-dealkylation sites (N-methyl/N-ethyl adjacent to an activating group) is 1. The Morgan fingerprint density at radius 2 is 2.00 bits per heavy atom. The van der Waals surface area contributed by atoms with Gasteiger partial charge in [-0.25, -0.2) is 0 Å². The van der Waals surface area contributed by atoms with Crippen molar-refractivity contribution in [1.29, 1.82) is 0 Å². The molecule has 1 unspecified atom stereocenters. The summed E-state index contributed by atoms with van der Waals surface area (Å²) in [6, 6.07) is 14.8. The molecule has 0 saturated heterocycles. The molecule has 2 aromatic rings. The van der Waals surface area contributed by atoms with Gasteiger partial charge in [-0.05, 0) is 49.6 Å². The molecule has 1 aromatic heterocycles. The van der Waals surface area contributed by atoms with Crippen LogP contribution in [0.25, 0.3) is 0 Å². The lowest BCUT2D eigenvalue weighted by Crippen LogP contribution is -2.51. The Morgan fingerprint density at radius 3 is 2.76 bits per heavy atom. The van der Waals surface area contributed by atoms with Gasteiger partial charge in [0.25, 0.3) is 0 Å². The van der Waals surface area contributed by atoms with E-state index in [2.05, 4.69) is 47.3 Å². The zero-order valence-electron chi connectivity index (χ0n) is 12.6. The van der Waals surface area contributed by atoms with Crippen molar-refractivity contribution in [3.8, 4) is 0 Å².